The zero-order chi connectivity index (χ0) is 19.7. The summed E-state index contributed by atoms with van der Waals surface area (Å²) in [7, 11) is 0. The normalized spacial score (nSPS) is 13.2. The number of ether oxygens (including phenoxy) is 1. The maximum atomic E-state index is 13.1. The van der Waals surface area contributed by atoms with Crippen LogP contribution in [0.1, 0.15) is 50.9 Å². The molecule has 1 aromatic carbocycles. The van der Waals surface area contributed by atoms with E-state index in [4.69, 9.17) is 16.3 Å². The van der Waals surface area contributed by atoms with Crippen LogP contribution in [0.25, 0.3) is 10.9 Å². The number of para-hydroxylation sites is 1. The average Bonchev–Trinajstić information content (AvgIpc) is 3.05. The molecule has 2 aromatic heterocycles. The van der Waals surface area contributed by atoms with Gasteiger partial charge >= 0.3 is 5.97 Å². The van der Waals surface area contributed by atoms with Crippen molar-refractivity contribution >= 4 is 50.7 Å². The monoisotopic (exact) mass is 414 g/mol. The van der Waals surface area contributed by atoms with Gasteiger partial charge in [0.15, 0.2) is 0 Å². The highest BCUT2D eigenvalue weighted by Crippen LogP contribution is 2.39. The summed E-state index contributed by atoms with van der Waals surface area (Å²) in [6, 6.07) is 8.89. The number of rotatable bonds is 4. The van der Waals surface area contributed by atoms with Crippen molar-refractivity contribution < 1.29 is 14.3 Å². The molecule has 1 aliphatic carbocycles. The van der Waals surface area contributed by atoms with Crippen molar-refractivity contribution in [3.8, 4) is 0 Å². The molecule has 5 nitrogen and oxygen atoms in total. The number of pyridine rings is 1. The molecule has 0 saturated heterocycles. The van der Waals surface area contributed by atoms with Crippen molar-refractivity contribution in [2.75, 3.05) is 11.9 Å². The number of nitrogens with one attached hydrogen (secondary N) is 1. The number of halogens is 1. The van der Waals surface area contributed by atoms with Crippen molar-refractivity contribution in [1.29, 1.82) is 0 Å². The van der Waals surface area contributed by atoms with Crippen molar-refractivity contribution in [3.05, 3.63) is 57.1 Å². The van der Waals surface area contributed by atoms with E-state index in [-0.39, 0.29) is 17.0 Å². The fourth-order valence-corrected chi connectivity index (χ4v) is 5.05. The van der Waals surface area contributed by atoms with E-state index in [1.807, 2.05) is 24.3 Å². The van der Waals surface area contributed by atoms with Crippen LogP contribution in [0, 0.1) is 0 Å². The van der Waals surface area contributed by atoms with Crippen LogP contribution in [0.3, 0.4) is 0 Å². The molecule has 1 aliphatic rings. The number of benzene rings is 1. The Hall–Kier alpha value is -2.44. The molecule has 0 spiro atoms. The van der Waals surface area contributed by atoms with E-state index >= 15 is 0 Å². The Morgan fingerprint density at radius 1 is 1.25 bits per heavy atom. The Balaban J connectivity index is 1.75. The Labute approximate surface area is 171 Å². The molecule has 2 heterocycles. The van der Waals surface area contributed by atoms with Crippen LogP contribution in [0.4, 0.5) is 5.00 Å². The molecule has 1 amide bonds. The van der Waals surface area contributed by atoms with Gasteiger partial charge in [0.25, 0.3) is 5.91 Å². The predicted molar refractivity (Wildman–Crippen MR) is 112 cm³/mol. The molecule has 0 bridgehead atoms. The lowest BCUT2D eigenvalue weighted by molar-refractivity contribution is 0.0526. The Morgan fingerprint density at radius 3 is 2.86 bits per heavy atom. The third kappa shape index (κ3) is 3.50. The van der Waals surface area contributed by atoms with Gasteiger partial charge in [-0.2, -0.15) is 0 Å². The van der Waals surface area contributed by atoms with Gasteiger partial charge in [-0.25, -0.2) is 9.78 Å². The molecule has 0 fully saturated rings. The van der Waals surface area contributed by atoms with Gasteiger partial charge in [-0.3, -0.25) is 4.79 Å². The number of hydrogen-bond acceptors (Lipinski definition) is 5. The van der Waals surface area contributed by atoms with E-state index in [2.05, 4.69) is 10.3 Å². The van der Waals surface area contributed by atoms with Gasteiger partial charge in [-0.1, -0.05) is 29.8 Å². The first-order valence-electron chi connectivity index (χ1n) is 9.26. The number of aryl methyl sites for hydroxylation is 1. The molecule has 144 valence electrons. The molecule has 0 aliphatic heterocycles. The summed E-state index contributed by atoms with van der Waals surface area (Å²) in [6.45, 7) is 2.07. The number of hydrogen-bond donors (Lipinski definition) is 1. The number of esters is 1. The molecular weight excluding hydrogens is 396 g/mol. The Bertz CT molecular complexity index is 1080. The molecule has 1 N–H and O–H groups in total. The molecule has 3 aromatic rings. The highest BCUT2D eigenvalue weighted by molar-refractivity contribution is 7.17. The van der Waals surface area contributed by atoms with E-state index < -0.39 is 0 Å². The van der Waals surface area contributed by atoms with Crippen LogP contribution >= 0.6 is 22.9 Å². The lowest BCUT2D eigenvalue weighted by Crippen LogP contribution is -2.16. The molecule has 0 unspecified atom stereocenters. The molecule has 4 rings (SSSR count). The first kappa shape index (κ1) is 18.9. The quantitative estimate of drug-likeness (QED) is 0.467. The zero-order valence-corrected chi connectivity index (χ0v) is 17.0. The lowest BCUT2D eigenvalue weighted by atomic mass is 9.95. The van der Waals surface area contributed by atoms with Gasteiger partial charge in [0.2, 0.25) is 0 Å². The van der Waals surface area contributed by atoms with Crippen molar-refractivity contribution in [1.82, 2.24) is 4.98 Å². The molecule has 7 heteroatoms. The zero-order valence-electron chi connectivity index (χ0n) is 15.4. The smallest absolute Gasteiger partial charge is 0.341 e. The number of carbonyl (C=O) groups is 2. The molecule has 0 radical (unpaired) electrons. The summed E-state index contributed by atoms with van der Waals surface area (Å²) < 4.78 is 5.25. The fraction of sp³-hybridized carbons (Fsp3) is 0.286. The number of amides is 1. The number of aromatic nitrogens is 1. The largest absolute Gasteiger partial charge is 0.462 e. The van der Waals surface area contributed by atoms with Crippen LogP contribution in [0.5, 0.6) is 0 Å². The number of fused-ring (bicyclic) bond motifs is 2. The third-order valence-corrected chi connectivity index (χ3v) is 6.21. The highest BCUT2D eigenvalue weighted by Gasteiger charge is 2.27. The first-order chi connectivity index (χ1) is 13.6. The maximum absolute atomic E-state index is 13.1. The summed E-state index contributed by atoms with van der Waals surface area (Å²) >= 11 is 7.58. The SMILES string of the molecule is CCOC(=O)c1c(NC(=O)c2cc(Cl)nc3ccccc23)sc2c1CCCC2. The minimum atomic E-state index is -0.380. The van der Waals surface area contributed by atoms with E-state index in [1.54, 1.807) is 13.0 Å². The van der Waals surface area contributed by atoms with Crippen molar-refractivity contribution in [2.24, 2.45) is 0 Å². The van der Waals surface area contributed by atoms with E-state index in [0.29, 0.717) is 33.6 Å². The average molecular weight is 415 g/mol. The molecule has 0 saturated carbocycles. The first-order valence-corrected chi connectivity index (χ1v) is 10.5. The van der Waals surface area contributed by atoms with Gasteiger partial charge in [-0.15, -0.1) is 11.3 Å². The lowest BCUT2D eigenvalue weighted by Gasteiger charge is -2.12. The van der Waals surface area contributed by atoms with Crippen LogP contribution < -0.4 is 5.32 Å². The fourth-order valence-electron chi connectivity index (χ4n) is 3.57. The number of carbonyl (C=O) groups excluding carboxylic acids is 2. The van der Waals surface area contributed by atoms with Crippen LogP contribution in [0.2, 0.25) is 5.15 Å². The summed E-state index contributed by atoms with van der Waals surface area (Å²) in [4.78, 5) is 31.1. The van der Waals surface area contributed by atoms with Gasteiger partial charge in [0, 0.05) is 10.3 Å². The second kappa shape index (κ2) is 7.89. The summed E-state index contributed by atoms with van der Waals surface area (Å²) in [5.74, 6) is -0.695. The minimum absolute atomic E-state index is 0.250. The Morgan fingerprint density at radius 2 is 2.04 bits per heavy atom. The topological polar surface area (TPSA) is 68.3 Å². The summed E-state index contributed by atoms with van der Waals surface area (Å²) in [5.41, 5.74) is 2.59. The van der Waals surface area contributed by atoms with Crippen LogP contribution in [-0.2, 0) is 17.6 Å². The van der Waals surface area contributed by atoms with E-state index in [9.17, 15) is 9.59 Å². The summed E-state index contributed by atoms with van der Waals surface area (Å²) in [6.07, 6.45) is 3.88. The van der Waals surface area contributed by atoms with Crippen molar-refractivity contribution in [3.63, 3.8) is 0 Å². The maximum Gasteiger partial charge on any atom is 0.341 e. The second-order valence-corrected chi connectivity index (χ2v) is 8.09. The minimum Gasteiger partial charge on any atom is -0.462 e. The predicted octanol–water partition coefficient (Wildman–Crippen LogP) is 5.26. The number of thiophene rings is 1. The summed E-state index contributed by atoms with van der Waals surface area (Å²) in [5, 5.41) is 4.44. The van der Waals surface area contributed by atoms with Gasteiger partial charge < -0.3 is 10.1 Å². The van der Waals surface area contributed by atoms with E-state index in [0.717, 1.165) is 36.1 Å². The van der Waals surface area contributed by atoms with Gasteiger partial charge in [0.05, 0.1) is 23.3 Å². The van der Waals surface area contributed by atoms with Gasteiger partial charge in [0.1, 0.15) is 10.2 Å². The second-order valence-electron chi connectivity index (χ2n) is 6.60. The number of anilines is 1. The van der Waals surface area contributed by atoms with E-state index in [1.165, 1.54) is 11.3 Å². The molecule has 28 heavy (non-hydrogen) atoms. The third-order valence-electron chi connectivity index (χ3n) is 4.81. The highest BCUT2D eigenvalue weighted by atomic mass is 35.5. The number of nitrogens with zero attached hydrogens (tertiary/aromatic N) is 1. The molecular formula is C21H19ClN2O3S. The van der Waals surface area contributed by atoms with Gasteiger partial charge in [-0.05, 0) is 50.3 Å². The molecule has 0 atom stereocenters. The van der Waals surface area contributed by atoms with Crippen LogP contribution in [0.15, 0.2) is 30.3 Å². The Kier molecular flexibility index (Phi) is 5.33. The standard InChI is InChI=1S/C21H19ClN2O3S/c1-2-27-21(26)18-13-8-4-6-10-16(13)28-20(18)24-19(25)14-11-17(22)23-15-9-5-3-7-12(14)15/h3,5,7,9,11H,2,4,6,8,10H2,1H3,(H,24,25). The van der Waals surface area contributed by atoms with Crippen molar-refractivity contribution in [2.45, 2.75) is 32.6 Å². The van der Waals surface area contributed by atoms with Crippen LogP contribution in [-0.4, -0.2) is 23.5 Å².